The molecular formula is C18H19N3O4. The molecule has 1 aliphatic heterocycles. The van der Waals surface area contributed by atoms with Crippen LogP contribution < -0.4 is 10.4 Å². The van der Waals surface area contributed by atoms with Crippen LogP contribution in [-0.4, -0.2) is 23.9 Å². The average Bonchev–Trinajstić information content (AvgIpc) is 3.16. The number of hydrogen-bond donors (Lipinski definition) is 1. The van der Waals surface area contributed by atoms with Crippen molar-refractivity contribution >= 4 is 17.3 Å². The van der Waals surface area contributed by atoms with Crippen molar-refractivity contribution in [2.24, 2.45) is 0 Å². The topological polar surface area (TPSA) is 84.7 Å². The number of hydroxylamine groups is 1. The maximum Gasteiger partial charge on any atom is 0.293 e. The summed E-state index contributed by atoms with van der Waals surface area (Å²) < 4.78 is 0. The molecule has 0 aliphatic carbocycles. The molecule has 0 radical (unpaired) electrons. The van der Waals surface area contributed by atoms with Crippen LogP contribution in [0.15, 0.2) is 48.5 Å². The van der Waals surface area contributed by atoms with Gasteiger partial charge in [-0.2, -0.15) is 0 Å². The highest BCUT2D eigenvalue weighted by atomic mass is 16.7. The van der Waals surface area contributed by atoms with E-state index < -0.39 is 10.8 Å². The predicted octanol–water partition coefficient (Wildman–Crippen LogP) is 3.06. The number of nitrogens with one attached hydrogen (secondary N) is 1. The van der Waals surface area contributed by atoms with Crippen molar-refractivity contribution in [3.8, 4) is 0 Å². The van der Waals surface area contributed by atoms with Gasteiger partial charge in [-0.3, -0.25) is 19.7 Å². The molecule has 1 fully saturated rings. The van der Waals surface area contributed by atoms with E-state index in [0.717, 1.165) is 31.5 Å². The number of nitro groups is 1. The zero-order valence-corrected chi connectivity index (χ0v) is 13.7. The minimum absolute atomic E-state index is 0.0578. The molecule has 0 saturated carbocycles. The molecule has 7 nitrogen and oxygen atoms in total. The molecule has 1 N–H and O–H groups in total. The molecule has 0 bridgehead atoms. The van der Waals surface area contributed by atoms with E-state index in [1.165, 1.54) is 6.07 Å². The van der Waals surface area contributed by atoms with Gasteiger partial charge in [0.2, 0.25) is 0 Å². The number of nitrogens with zero attached hydrogens (tertiary/aromatic N) is 2. The third-order valence-corrected chi connectivity index (χ3v) is 4.13. The summed E-state index contributed by atoms with van der Waals surface area (Å²) in [5, 5.41) is 11.4. The molecule has 1 heterocycles. The van der Waals surface area contributed by atoms with Crippen LogP contribution in [0, 0.1) is 10.1 Å². The van der Waals surface area contributed by atoms with Gasteiger partial charge in [0.1, 0.15) is 5.69 Å². The Morgan fingerprint density at radius 2 is 1.88 bits per heavy atom. The first-order valence-electron chi connectivity index (χ1n) is 8.14. The molecule has 7 heteroatoms. The maximum atomic E-state index is 12.2. The number of carbonyl (C=O) groups excluding carboxylic acids is 1. The molecule has 1 aliphatic rings. The van der Waals surface area contributed by atoms with Gasteiger partial charge in [0.05, 0.1) is 11.5 Å². The summed E-state index contributed by atoms with van der Waals surface area (Å²) in [6.07, 6.45) is 2.04. The molecular weight excluding hydrogens is 322 g/mol. The van der Waals surface area contributed by atoms with Gasteiger partial charge in [-0.1, -0.05) is 30.3 Å². The Labute approximate surface area is 145 Å². The highest BCUT2D eigenvalue weighted by Gasteiger charge is 2.23. The van der Waals surface area contributed by atoms with Crippen molar-refractivity contribution in [1.82, 2.24) is 5.48 Å². The van der Waals surface area contributed by atoms with E-state index in [1.807, 2.05) is 35.2 Å². The quantitative estimate of drug-likeness (QED) is 0.645. The summed E-state index contributed by atoms with van der Waals surface area (Å²) in [7, 11) is 0. The largest absolute Gasteiger partial charge is 0.366 e. The number of carbonyl (C=O) groups is 1. The van der Waals surface area contributed by atoms with Crippen LogP contribution >= 0.6 is 0 Å². The fourth-order valence-electron chi connectivity index (χ4n) is 2.85. The van der Waals surface area contributed by atoms with Crippen molar-refractivity contribution in [2.75, 3.05) is 18.0 Å². The second kappa shape index (κ2) is 7.76. The van der Waals surface area contributed by atoms with Gasteiger partial charge < -0.3 is 4.90 Å². The molecule has 0 aromatic heterocycles. The smallest absolute Gasteiger partial charge is 0.293 e. The number of benzene rings is 2. The lowest BCUT2D eigenvalue weighted by Crippen LogP contribution is -2.24. The summed E-state index contributed by atoms with van der Waals surface area (Å²) in [4.78, 5) is 30.3. The second-order valence-corrected chi connectivity index (χ2v) is 5.86. The van der Waals surface area contributed by atoms with Crippen LogP contribution in [0.2, 0.25) is 0 Å². The lowest BCUT2D eigenvalue weighted by atomic mass is 10.1. The van der Waals surface area contributed by atoms with E-state index in [2.05, 4.69) is 5.48 Å². The minimum Gasteiger partial charge on any atom is -0.366 e. The Morgan fingerprint density at radius 1 is 1.16 bits per heavy atom. The molecule has 1 saturated heterocycles. The Bertz CT molecular complexity index is 758. The Kier molecular flexibility index (Phi) is 5.25. The molecule has 0 atom stereocenters. The maximum absolute atomic E-state index is 12.2. The van der Waals surface area contributed by atoms with Crippen LogP contribution in [0.3, 0.4) is 0 Å². The molecule has 2 aromatic carbocycles. The summed E-state index contributed by atoms with van der Waals surface area (Å²) in [5.74, 6) is -0.507. The SMILES string of the molecule is O=C(NOCc1ccccc1)c1ccc(N2CCCC2)c([N+](=O)[O-])c1. The Balaban J connectivity index is 1.67. The molecule has 1 amide bonds. The van der Waals surface area contributed by atoms with Crippen LogP contribution in [-0.2, 0) is 11.4 Å². The lowest BCUT2D eigenvalue weighted by molar-refractivity contribution is -0.384. The van der Waals surface area contributed by atoms with Crippen molar-refractivity contribution in [2.45, 2.75) is 19.4 Å². The van der Waals surface area contributed by atoms with Crippen LogP contribution in [0.5, 0.6) is 0 Å². The molecule has 0 unspecified atom stereocenters. The third-order valence-electron chi connectivity index (χ3n) is 4.13. The van der Waals surface area contributed by atoms with Crippen LogP contribution in [0.1, 0.15) is 28.8 Å². The minimum atomic E-state index is -0.507. The summed E-state index contributed by atoms with van der Waals surface area (Å²) in [6.45, 7) is 1.82. The number of hydrogen-bond acceptors (Lipinski definition) is 5. The van der Waals surface area contributed by atoms with Crippen LogP contribution in [0.4, 0.5) is 11.4 Å². The fourth-order valence-corrected chi connectivity index (χ4v) is 2.85. The molecule has 25 heavy (non-hydrogen) atoms. The van der Waals surface area contributed by atoms with E-state index >= 15 is 0 Å². The standard InChI is InChI=1S/C18H19N3O4/c22-18(19-25-13-14-6-2-1-3-7-14)15-8-9-16(17(12-15)21(23)24)20-10-4-5-11-20/h1-3,6-9,12H,4-5,10-11,13H2,(H,19,22). The highest BCUT2D eigenvalue weighted by Crippen LogP contribution is 2.31. The van der Waals surface area contributed by atoms with Gasteiger partial charge >= 0.3 is 0 Å². The summed E-state index contributed by atoms with van der Waals surface area (Å²) in [6, 6.07) is 13.9. The molecule has 0 spiro atoms. The Morgan fingerprint density at radius 3 is 2.56 bits per heavy atom. The average molecular weight is 341 g/mol. The molecule has 2 aromatic rings. The fraction of sp³-hybridized carbons (Fsp3) is 0.278. The second-order valence-electron chi connectivity index (χ2n) is 5.86. The lowest BCUT2D eigenvalue weighted by Gasteiger charge is -2.17. The van der Waals surface area contributed by atoms with Crippen molar-refractivity contribution < 1.29 is 14.6 Å². The van der Waals surface area contributed by atoms with Gasteiger partial charge in [0, 0.05) is 24.7 Å². The van der Waals surface area contributed by atoms with Gasteiger partial charge in [0.25, 0.3) is 11.6 Å². The highest BCUT2D eigenvalue weighted by molar-refractivity contribution is 5.95. The predicted molar refractivity (Wildman–Crippen MR) is 93.2 cm³/mol. The summed E-state index contributed by atoms with van der Waals surface area (Å²) in [5.41, 5.74) is 3.94. The first kappa shape index (κ1) is 16.9. The van der Waals surface area contributed by atoms with Crippen molar-refractivity contribution in [1.29, 1.82) is 0 Å². The number of amides is 1. The van der Waals surface area contributed by atoms with Gasteiger partial charge in [-0.05, 0) is 30.5 Å². The normalized spacial score (nSPS) is 13.7. The van der Waals surface area contributed by atoms with Gasteiger partial charge in [-0.25, -0.2) is 5.48 Å². The van der Waals surface area contributed by atoms with Gasteiger partial charge in [-0.15, -0.1) is 0 Å². The zero-order chi connectivity index (χ0) is 17.6. The Hall–Kier alpha value is -2.93. The summed E-state index contributed by atoms with van der Waals surface area (Å²) >= 11 is 0. The zero-order valence-electron chi connectivity index (χ0n) is 13.7. The van der Waals surface area contributed by atoms with Crippen LogP contribution in [0.25, 0.3) is 0 Å². The molecule has 3 rings (SSSR count). The number of nitro benzene ring substituents is 1. The van der Waals surface area contributed by atoms with E-state index in [1.54, 1.807) is 12.1 Å². The van der Waals surface area contributed by atoms with E-state index in [-0.39, 0.29) is 17.9 Å². The third kappa shape index (κ3) is 4.13. The van der Waals surface area contributed by atoms with E-state index in [0.29, 0.717) is 5.69 Å². The molecule has 130 valence electrons. The van der Waals surface area contributed by atoms with E-state index in [9.17, 15) is 14.9 Å². The van der Waals surface area contributed by atoms with Crippen molar-refractivity contribution in [3.05, 3.63) is 69.8 Å². The first-order chi connectivity index (χ1) is 12.1. The van der Waals surface area contributed by atoms with Crippen molar-refractivity contribution in [3.63, 3.8) is 0 Å². The number of anilines is 1. The van der Waals surface area contributed by atoms with Gasteiger partial charge in [0.15, 0.2) is 0 Å². The number of rotatable bonds is 6. The monoisotopic (exact) mass is 341 g/mol. The first-order valence-corrected chi connectivity index (χ1v) is 8.14. The van der Waals surface area contributed by atoms with E-state index in [4.69, 9.17) is 4.84 Å².